The van der Waals surface area contributed by atoms with Crippen LogP contribution < -0.4 is 4.72 Å². The highest BCUT2D eigenvalue weighted by atomic mass is 35.5. The van der Waals surface area contributed by atoms with Crippen molar-refractivity contribution < 1.29 is 13.5 Å². The van der Waals surface area contributed by atoms with Gasteiger partial charge >= 0.3 is 0 Å². The number of nitrogens with one attached hydrogen (secondary N) is 1. The van der Waals surface area contributed by atoms with Crippen molar-refractivity contribution in [3.05, 3.63) is 59.4 Å². The molecular formula is C13H13ClN2O3S. The van der Waals surface area contributed by atoms with Gasteiger partial charge in [0.15, 0.2) is 0 Å². The molecule has 1 unspecified atom stereocenters. The number of halogens is 1. The zero-order valence-electron chi connectivity index (χ0n) is 10.4. The van der Waals surface area contributed by atoms with Crippen molar-refractivity contribution in [3.63, 3.8) is 0 Å². The summed E-state index contributed by atoms with van der Waals surface area (Å²) in [6, 6.07) is 11.6. The first-order chi connectivity index (χ1) is 9.50. The van der Waals surface area contributed by atoms with E-state index in [1.165, 1.54) is 18.3 Å². The number of sulfonamides is 1. The van der Waals surface area contributed by atoms with Crippen molar-refractivity contribution >= 4 is 21.6 Å². The maximum atomic E-state index is 12.0. The van der Waals surface area contributed by atoms with E-state index in [-0.39, 0.29) is 16.6 Å². The molecule has 2 N–H and O–H groups in total. The highest BCUT2D eigenvalue weighted by Gasteiger charge is 2.19. The predicted octanol–water partition coefficient (Wildman–Crippen LogP) is 1.75. The summed E-state index contributed by atoms with van der Waals surface area (Å²) >= 11 is 5.75. The van der Waals surface area contributed by atoms with Gasteiger partial charge in [-0.15, -0.1) is 0 Å². The first-order valence-corrected chi connectivity index (χ1v) is 7.70. The summed E-state index contributed by atoms with van der Waals surface area (Å²) in [6.07, 6.45) is 0.474. The molecule has 0 aliphatic heterocycles. The summed E-state index contributed by atoms with van der Waals surface area (Å²) in [5.74, 6) is 0. The lowest BCUT2D eigenvalue weighted by Crippen LogP contribution is -2.28. The molecule has 2 rings (SSSR count). The van der Waals surface area contributed by atoms with E-state index >= 15 is 0 Å². The molecule has 7 heteroatoms. The Hall–Kier alpha value is -1.47. The van der Waals surface area contributed by atoms with Crippen LogP contribution in [-0.2, 0) is 10.0 Å². The number of nitrogens with zero attached hydrogens (tertiary/aromatic N) is 1. The molecule has 0 bridgehead atoms. The molecule has 0 aliphatic carbocycles. The monoisotopic (exact) mass is 312 g/mol. The van der Waals surface area contributed by atoms with E-state index in [0.29, 0.717) is 5.56 Å². The third-order valence-electron chi connectivity index (χ3n) is 2.67. The molecule has 20 heavy (non-hydrogen) atoms. The standard InChI is InChI=1S/C13H13ClN2O3S/c14-13-12(7-4-8-15-13)20(18,19)16-9-11(17)10-5-2-1-3-6-10/h1-8,11,16-17H,9H2. The first-order valence-electron chi connectivity index (χ1n) is 5.84. The number of hydrogen-bond acceptors (Lipinski definition) is 4. The van der Waals surface area contributed by atoms with E-state index in [1.807, 2.05) is 6.07 Å². The van der Waals surface area contributed by atoms with Gasteiger partial charge in [-0.2, -0.15) is 0 Å². The molecule has 1 aromatic heterocycles. The quantitative estimate of drug-likeness (QED) is 0.824. The van der Waals surface area contributed by atoms with Crippen LogP contribution in [0.15, 0.2) is 53.6 Å². The SMILES string of the molecule is O=S(=O)(NCC(O)c1ccccc1)c1cccnc1Cl. The molecule has 0 saturated carbocycles. The van der Waals surface area contributed by atoms with E-state index in [4.69, 9.17) is 11.6 Å². The molecule has 5 nitrogen and oxygen atoms in total. The smallest absolute Gasteiger partial charge is 0.243 e. The Morgan fingerprint density at radius 1 is 1.20 bits per heavy atom. The molecule has 0 saturated heterocycles. The van der Waals surface area contributed by atoms with Gasteiger partial charge < -0.3 is 5.11 Å². The van der Waals surface area contributed by atoms with Crippen molar-refractivity contribution in [2.24, 2.45) is 0 Å². The zero-order chi connectivity index (χ0) is 14.6. The zero-order valence-corrected chi connectivity index (χ0v) is 12.0. The molecule has 0 aliphatic rings. The van der Waals surface area contributed by atoms with Gasteiger partial charge in [-0.05, 0) is 17.7 Å². The van der Waals surface area contributed by atoms with Gasteiger partial charge in [-0.3, -0.25) is 0 Å². The summed E-state index contributed by atoms with van der Waals surface area (Å²) in [5, 5.41) is 9.82. The molecule has 0 spiro atoms. The number of hydrogen-bond donors (Lipinski definition) is 2. The third-order valence-corrected chi connectivity index (χ3v) is 4.53. The lowest BCUT2D eigenvalue weighted by atomic mass is 10.1. The van der Waals surface area contributed by atoms with Crippen LogP contribution in [0.25, 0.3) is 0 Å². The van der Waals surface area contributed by atoms with Crippen molar-refractivity contribution in [1.29, 1.82) is 0 Å². The van der Waals surface area contributed by atoms with Crippen LogP contribution in [-0.4, -0.2) is 25.1 Å². The summed E-state index contributed by atoms with van der Waals surface area (Å²) in [6.45, 7) is -0.141. The van der Waals surface area contributed by atoms with Crippen molar-refractivity contribution in [2.75, 3.05) is 6.54 Å². The second-order valence-corrected chi connectivity index (χ2v) is 6.16. The molecule has 1 heterocycles. The normalized spacial score (nSPS) is 13.1. The summed E-state index contributed by atoms with van der Waals surface area (Å²) in [5.41, 5.74) is 0.632. The molecular weight excluding hydrogens is 300 g/mol. The van der Waals surface area contributed by atoms with Crippen LogP contribution in [0, 0.1) is 0 Å². The molecule has 0 radical (unpaired) electrons. The number of benzene rings is 1. The highest BCUT2D eigenvalue weighted by molar-refractivity contribution is 7.89. The minimum atomic E-state index is -3.80. The molecule has 2 aromatic rings. The fraction of sp³-hybridized carbons (Fsp3) is 0.154. The Kier molecular flexibility index (Phi) is 4.72. The molecule has 1 aromatic carbocycles. The number of aliphatic hydroxyl groups is 1. The predicted molar refractivity (Wildman–Crippen MR) is 75.8 cm³/mol. The van der Waals surface area contributed by atoms with E-state index in [0.717, 1.165) is 0 Å². The Labute approximate surface area is 122 Å². The van der Waals surface area contributed by atoms with Gasteiger partial charge in [-0.25, -0.2) is 18.1 Å². The highest BCUT2D eigenvalue weighted by Crippen LogP contribution is 2.18. The van der Waals surface area contributed by atoms with E-state index in [1.54, 1.807) is 24.3 Å². The maximum Gasteiger partial charge on any atom is 0.243 e. The van der Waals surface area contributed by atoms with Gasteiger partial charge in [0.05, 0.1) is 6.10 Å². The van der Waals surface area contributed by atoms with Crippen LogP contribution in [0.1, 0.15) is 11.7 Å². The third kappa shape index (κ3) is 3.55. The maximum absolute atomic E-state index is 12.0. The molecule has 0 fully saturated rings. The molecule has 1 atom stereocenters. The summed E-state index contributed by atoms with van der Waals surface area (Å²) in [4.78, 5) is 3.61. The number of pyridine rings is 1. The Bertz CT molecular complexity index is 677. The second-order valence-electron chi connectivity index (χ2n) is 4.07. The van der Waals surface area contributed by atoms with Crippen LogP contribution in [0.2, 0.25) is 5.15 Å². The number of aromatic nitrogens is 1. The fourth-order valence-electron chi connectivity index (χ4n) is 1.63. The molecule has 106 valence electrons. The summed E-state index contributed by atoms with van der Waals surface area (Å²) in [7, 11) is -3.80. The number of rotatable bonds is 5. The Morgan fingerprint density at radius 3 is 2.55 bits per heavy atom. The van der Waals surface area contributed by atoms with E-state index in [9.17, 15) is 13.5 Å². The van der Waals surface area contributed by atoms with E-state index in [2.05, 4.69) is 9.71 Å². The topological polar surface area (TPSA) is 79.3 Å². The van der Waals surface area contributed by atoms with Crippen LogP contribution in [0.5, 0.6) is 0 Å². The summed E-state index contributed by atoms with van der Waals surface area (Å²) < 4.78 is 26.4. The largest absolute Gasteiger partial charge is 0.387 e. The van der Waals surface area contributed by atoms with Crippen molar-refractivity contribution in [3.8, 4) is 0 Å². The van der Waals surface area contributed by atoms with Crippen LogP contribution in [0.3, 0.4) is 0 Å². The number of aliphatic hydroxyl groups excluding tert-OH is 1. The van der Waals surface area contributed by atoms with Gasteiger partial charge in [0, 0.05) is 12.7 Å². The molecule has 0 amide bonds. The lowest BCUT2D eigenvalue weighted by Gasteiger charge is -2.12. The first kappa shape index (κ1) is 14.9. The van der Waals surface area contributed by atoms with Gasteiger partial charge in [0.25, 0.3) is 0 Å². The fourth-order valence-corrected chi connectivity index (χ4v) is 3.12. The average molecular weight is 313 g/mol. The van der Waals surface area contributed by atoms with Gasteiger partial charge in [0.1, 0.15) is 10.0 Å². The minimum Gasteiger partial charge on any atom is -0.387 e. The lowest BCUT2D eigenvalue weighted by molar-refractivity contribution is 0.182. The van der Waals surface area contributed by atoms with Gasteiger partial charge in [0.2, 0.25) is 10.0 Å². The Balaban J connectivity index is 2.09. The van der Waals surface area contributed by atoms with E-state index < -0.39 is 16.1 Å². The van der Waals surface area contributed by atoms with Crippen LogP contribution in [0.4, 0.5) is 0 Å². The van der Waals surface area contributed by atoms with Gasteiger partial charge in [-0.1, -0.05) is 41.9 Å². The van der Waals surface area contributed by atoms with Crippen molar-refractivity contribution in [1.82, 2.24) is 9.71 Å². The average Bonchev–Trinajstić information content (AvgIpc) is 2.46. The second kappa shape index (κ2) is 6.32. The van der Waals surface area contributed by atoms with Crippen LogP contribution >= 0.6 is 11.6 Å². The Morgan fingerprint density at radius 2 is 1.90 bits per heavy atom. The minimum absolute atomic E-state index is 0.103. The van der Waals surface area contributed by atoms with Crippen molar-refractivity contribution in [2.45, 2.75) is 11.0 Å².